The number of hydrogen-bond acceptors (Lipinski definition) is 4. The third kappa shape index (κ3) is 5.25. The second-order valence-corrected chi connectivity index (χ2v) is 4.38. The zero-order valence-corrected chi connectivity index (χ0v) is 10.7. The van der Waals surface area contributed by atoms with Crippen LogP contribution in [0.2, 0.25) is 0 Å². The Morgan fingerprint density at radius 1 is 1.06 bits per heavy atom. The van der Waals surface area contributed by atoms with Gasteiger partial charge in [-0.05, 0) is 19.5 Å². The van der Waals surface area contributed by atoms with E-state index in [0.29, 0.717) is 0 Å². The Bertz CT molecular complexity index is 168. The van der Waals surface area contributed by atoms with Gasteiger partial charge in [-0.3, -0.25) is 4.90 Å². The Hall–Kier alpha value is -0.160. The highest BCUT2D eigenvalue weighted by atomic mass is 16.5. The fraction of sp³-hybridized carbons (Fsp3) is 1.00. The summed E-state index contributed by atoms with van der Waals surface area (Å²) in [5.74, 6) is 0. The second-order valence-electron chi connectivity index (χ2n) is 4.38. The molecule has 0 saturated carbocycles. The molecule has 1 atom stereocenters. The van der Waals surface area contributed by atoms with Crippen LogP contribution in [0.5, 0.6) is 0 Å². The van der Waals surface area contributed by atoms with Crippen molar-refractivity contribution in [3.8, 4) is 0 Å². The molecule has 0 aromatic carbocycles. The second kappa shape index (κ2) is 8.01. The number of aliphatic hydroxyl groups excluding tert-OH is 1. The maximum Gasteiger partial charge on any atom is 0.0679 e. The predicted octanol–water partition coefficient (Wildman–Crippen LogP) is 0.411. The maximum absolute atomic E-state index is 8.99. The summed E-state index contributed by atoms with van der Waals surface area (Å²) >= 11 is 0. The van der Waals surface area contributed by atoms with Gasteiger partial charge in [-0.1, -0.05) is 13.8 Å². The number of morpholine rings is 1. The normalized spacial score (nSPS) is 27.6. The average molecular weight is 230 g/mol. The summed E-state index contributed by atoms with van der Waals surface area (Å²) in [6.45, 7) is 12.6. The van der Waals surface area contributed by atoms with Crippen LogP contribution in [0.15, 0.2) is 0 Å². The molecule has 0 spiro atoms. The fourth-order valence-electron chi connectivity index (χ4n) is 2.02. The molecule has 1 N–H and O–H groups in total. The number of hydrogen-bond donors (Lipinski definition) is 1. The zero-order chi connectivity index (χ0) is 11.8. The predicted molar refractivity (Wildman–Crippen MR) is 65.7 cm³/mol. The lowest BCUT2D eigenvalue weighted by Crippen LogP contribution is -2.35. The van der Waals surface area contributed by atoms with Crippen LogP contribution in [0.25, 0.3) is 0 Å². The van der Waals surface area contributed by atoms with Gasteiger partial charge >= 0.3 is 0 Å². The van der Waals surface area contributed by atoms with Gasteiger partial charge in [0.15, 0.2) is 0 Å². The largest absolute Gasteiger partial charge is 0.392 e. The molecule has 2 fully saturated rings. The molecule has 2 aliphatic rings. The minimum absolute atomic E-state index is 0.0463. The number of aliphatic hydroxyl groups is 1. The molecule has 16 heavy (non-hydrogen) atoms. The molecule has 0 aromatic rings. The first-order valence-corrected chi connectivity index (χ1v) is 6.46. The molecule has 0 bridgehead atoms. The average Bonchev–Trinajstić information content (AvgIpc) is 2.77. The van der Waals surface area contributed by atoms with Crippen LogP contribution >= 0.6 is 0 Å². The van der Waals surface area contributed by atoms with Crippen molar-refractivity contribution >= 4 is 0 Å². The van der Waals surface area contributed by atoms with Gasteiger partial charge in [0.1, 0.15) is 0 Å². The molecule has 2 heterocycles. The molecular formula is C12H26N2O2. The molecule has 96 valence electrons. The van der Waals surface area contributed by atoms with Crippen LogP contribution in [-0.2, 0) is 4.74 Å². The smallest absolute Gasteiger partial charge is 0.0679 e. The monoisotopic (exact) mass is 230 g/mol. The molecule has 4 heteroatoms. The molecule has 0 aromatic heterocycles. The highest BCUT2D eigenvalue weighted by molar-refractivity contribution is 4.72. The van der Waals surface area contributed by atoms with E-state index in [1.165, 1.54) is 6.54 Å². The van der Waals surface area contributed by atoms with Crippen LogP contribution in [-0.4, -0.2) is 73.5 Å². The Kier molecular flexibility index (Phi) is 6.96. The standard InChI is InChI=1S/2C6H13NO/c1-2-7-3-5-8-6-4-7;1-2-7-4-3-6(8)5-7/h2-6H2,1H3;6,8H,2-5H2,1H3. The third-order valence-electron chi connectivity index (χ3n) is 3.25. The van der Waals surface area contributed by atoms with E-state index in [-0.39, 0.29) is 6.10 Å². The van der Waals surface area contributed by atoms with Gasteiger partial charge in [0.2, 0.25) is 0 Å². The number of rotatable bonds is 2. The quantitative estimate of drug-likeness (QED) is 0.745. The van der Waals surface area contributed by atoms with E-state index < -0.39 is 0 Å². The van der Waals surface area contributed by atoms with Gasteiger partial charge in [-0.25, -0.2) is 0 Å². The Morgan fingerprint density at radius 2 is 1.69 bits per heavy atom. The van der Waals surface area contributed by atoms with Crippen molar-refractivity contribution in [3.63, 3.8) is 0 Å². The van der Waals surface area contributed by atoms with Crippen molar-refractivity contribution in [2.24, 2.45) is 0 Å². The van der Waals surface area contributed by atoms with Crippen molar-refractivity contribution in [3.05, 3.63) is 0 Å². The van der Waals surface area contributed by atoms with Gasteiger partial charge < -0.3 is 14.7 Å². The number of likely N-dealkylation sites (tertiary alicyclic amines) is 1. The molecule has 2 rings (SSSR count). The molecule has 0 radical (unpaired) electrons. The SMILES string of the molecule is CCN1CCC(O)C1.CCN1CCOCC1. The van der Waals surface area contributed by atoms with E-state index in [2.05, 4.69) is 23.6 Å². The van der Waals surface area contributed by atoms with E-state index in [1.807, 2.05) is 0 Å². The molecule has 1 unspecified atom stereocenters. The van der Waals surface area contributed by atoms with Crippen LogP contribution in [0.1, 0.15) is 20.3 Å². The third-order valence-corrected chi connectivity index (χ3v) is 3.25. The summed E-state index contributed by atoms with van der Waals surface area (Å²) in [5.41, 5.74) is 0. The van der Waals surface area contributed by atoms with Crippen LogP contribution in [0.3, 0.4) is 0 Å². The molecule has 4 nitrogen and oxygen atoms in total. The molecule has 0 amide bonds. The molecule has 2 aliphatic heterocycles. The Labute approximate surface area is 99.2 Å². The first kappa shape index (κ1) is 13.9. The summed E-state index contributed by atoms with van der Waals surface area (Å²) in [6, 6.07) is 0. The van der Waals surface area contributed by atoms with Crippen molar-refractivity contribution in [2.45, 2.75) is 26.4 Å². The Morgan fingerprint density at radius 3 is 2.00 bits per heavy atom. The van der Waals surface area contributed by atoms with Gasteiger partial charge in [-0.15, -0.1) is 0 Å². The number of ether oxygens (including phenoxy) is 1. The first-order chi connectivity index (χ1) is 7.76. The maximum atomic E-state index is 8.99. The summed E-state index contributed by atoms with van der Waals surface area (Å²) in [4.78, 5) is 4.65. The van der Waals surface area contributed by atoms with Crippen molar-refractivity contribution in [1.29, 1.82) is 0 Å². The van der Waals surface area contributed by atoms with E-state index in [0.717, 1.165) is 52.4 Å². The van der Waals surface area contributed by atoms with Gasteiger partial charge in [-0.2, -0.15) is 0 Å². The Balaban J connectivity index is 0.000000160. The highest BCUT2D eigenvalue weighted by Gasteiger charge is 2.17. The van der Waals surface area contributed by atoms with Crippen LogP contribution in [0.4, 0.5) is 0 Å². The van der Waals surface area contributed by atoms with E-state index >= 15 is 0 Å². The van der Waals surface area contributed by atoms with Crippen LogP contribution < -0.4 is 0 Å². The number of likely N-dealkylation sites (N-methyl/N-ethyl adjacent to an activating group) is 2. The van der Waals surface area contributed by atoms with Crippen LogP contribution in [0, 0.1) is 0 Å². The zero-order valence-electron chi connectivity index (χ0n) is 10.7. The van der Waals surface area contributed by atoms with Crippen molar-refractivity contribution in [2.75, 3.05) is 52.5 Å². The lowest BCUT2D eigenvalue weighted by atomic mass is 10.3. The molecule has 0 aliphatic carbocycles. The minimum Gasteiger partial charge on any atom is -0.392 e. The summed E-state index contributed by atoms with van der Waals surface area (Å²) in [7, 11) is 0. The number of β-amino-alcohol motifs (C(OH)–C–C–N with tert-alkyl or cyclic N) is 1. The summed E-state index contributed by atoms with van der Waals surface area (Å²) in [6.07, 6.45) is 0.920. The van der Waals surface area contributed by atoms with Crippen molar-refractivity contribution in [1.82, 2.24) is 9.80 Å². The van der Waals surface area contributed by atoms with E-state index in [1.54, 1.807) is 0 Å². The van der Waals surface area contributed by atoms with E-state index in [4.69, 9.17) is 9.84 Å². The van der Waals surface area contributed by atoms with Gasteiger partial charge in [0, 0.05) is 26.2 Å². The lowest BCUT2D eigenvalue weighted by molar-refractivity contribution is 0.0405. The van der Waals surface area contributed by atoms with Gasteiger partial charge in [0.25, 0.3) is 0 Å². The summed E-state index contributed by atoms with van der Waals surface area (Å²) in [5, 5.41) is 8.99. The molecule has 2 saturated heterocycles. The number of nitrogens with zero attached hydrogens (tertiary/aromatic N) is 2. The summed E-state index contributed by atoms with van der Waals surface area (Å²) < 4.78 is 5.16. The minimum atomic E-state index is -0.0463. The lowest BCUT2D eigenvalue weighted by Gasteiger charge is -2.24. The topological polar surface area (TPSA) is 35.9 Å². The van der Waals surface area contributed by atoms with Crippen molar-refractivity contribution < 1.29 is 9.84 Å². The van der Waals surface area contributed by atoms with E-state index in [9.17, 15) is 0 Å². The fourth-order valence-corrected chi connectivity index (χ4v) is 2.02. The van der Waals surface area contributed by atoms with Gasteiger partial charge in [0.05, 0.1) is 19.3 Å². The molecular weight excluding hydrogens is 204 g/mol. The highest BCUT2D eigenvalue weighted by Crippen LogP contribution is 2.06. The first-order valence-electron chi connectivity index (χ1n) is 6.46.